The number of likely N-dealkylation sites (N-methyl/N-ethyl adjacent to an activating group) is 1. The molecule has 52 heavy (non-hydrogen) atoms. The largest absolute Gasteiger partial charge is 0.756 e. The first kappa shape index (κ1) is 50.3. The Balaban J connectivity index is 4.41. The topological polar surface area (TPSA) is 114 Å². The van der Waals surface area contributed by atoms with Crippen molar-refractivity contribution in [3.05, 3.63) is 48.8 Å². The number of nitrogens with zero attached hydrogens (tertiary/aromatic N) is 1. The lowest BCUT2D eigenvalue weighted by molar-refractivity contribution is -0.870. The van der Waals surface area contributed by atoms with Gasteiger partial charge in [0.25, 0.3) is 7.82 Å². The fraction of sp³-hybridized carbons (Fsp3) is 0.786. The minimum Gasteiger partial charge on any atom is -0.756 e. The van der Waals surface area contributed by atoms with E-state index in [4.69, 9.17) is 18.5 Å². The van der Waals surface area contributed by atoms with E-state index >= 15 is 0 Å². The van der Waals surface area contributed by atoms with Gasteiger partial charge in [-0.15, -0.1) is 0 Å². The average Bonchev–Trinajstić information content (AvgIpc) is 3.08. The molecule has 2 unspecified atom stereocenters. The summed E-state index contributed by atoms with van der Waals surface area (Å²) in [6.07, 6.45) is 38.3. The lowest BCUT2D eigenvalue weighted by Crippen LogP contribution is -2.37. The second-order valence-corrected chi connectivity index (χ2v) is 16.3. The Bertz CT molecular complexity index is 991. The zero-order valence-corrected chi connectivity index (χ0v) is 34.8. The number of phosphoric ester groups is 1. The zero-order valence-electron chi connectivity index (χ0n) is 33.9. The Morgan fingerprint density at radius 1 is 0.731 bits per heavy atom. The minimum absolute atomic E-state index is 0.00175. The molecule has 0 spiro atoms. The van der Waals surface area contributed by atoms with Gasteiger partial charge in [-0.3, -0.25) is 9.36 Å². The van der Waals surface area contributed by atoms with Gasteiger partial charge in [-0.2, -0.15) is 0 Å². The third kappa shape index (κ3) is 38.0. The van der Waals surface area contributed by atoms with Gasteiger partial charge in [-0.05, 0) is 51.0 Å². The molecular formula is C42H78NO8P. The predicted molar refractivity (Wildman–Crippen MR) is 214 cm³/mol. The van der Waals surface area contributed by atoms with Gasteiger partial charge in [0, 0.05) is 6.42 Å². The summed E-state index contributed by atoms with van der Waals surface area (Å²) in [4.78, 5) is 25.0. The highest BCUT2D eigenvalue weighted by Crippen LogP contribution is 2.38. The van der Waals surface area contributed by atoms with Crippen LogP contribution in [0, 0.1) is 0 Å². The fourth-order valence-electron chi connectivity index (χ4n) is 5.31. The summed E-state index contributed by atoms with van der Waals surface area (Å²) in [7, 11) is 1.27. The molecule has 9 nitrogen and oxygen atoms in total. The van der Waals surface area contributed by atoms with Crippen LogP contribution in [0.2, 0.25) is 0 Å². The third-order valence-corrected chi connectivity index (χ3v) is 9.50. The summed E-state index contributed by atoms with van der Waals surface area (Å²) < 4.78 is 34.2. The van der Waals surface area contributed by atoms with Gasteiger partial charge in [-0.25, -0.2) is 0 Å². The molecule has 0 aliphatic rings. The standard InChI is InChI=1S/C42H78NO8P/c1-6-8-10-11-12-13-14-15-16-17-21-24-27-31-36-48-38-41(39-50-52(46,47)49-37-35-43(3,4)5)51-42(45)34-30-26-23-20-18-19-22-25-29-33-40(44)32-28-9-7-2/h9,22,25,28-29,31,33,36,40-41,44H,6-8,10-21,23-24,26-27,30,32,34-35,37-39H2,1-5H3/b25-22+,28-9+,33-29+,36-31+/t40?,41-/m1/s1. The van der Waals surface area contributed by atoms with Crippen molar-refractivity contribution < 1.29 is 42.4 Å². The number of aliphatic hydroxyl groups is 1. The molecule has 0 aliphatic heterocycles. The molecule has 0 amide bonds. The van der Waals surface area contributed by atoms with E-state index in [2.05, 4.69) is 26.0 Å². The highest BCUT2D eigenvalue weighted by molar-refractivity contribution is 7.45. The lowest BCUT2D eigenvalue weighted by atomic mass is 10.0. The Morgan fingerprint density at radius 2 is 1.31 bits per heavy atom. The first-order chi connectivity index (χ1) is 25.0. The van der Waals surface area contributed by atoms with Crippen molar-refractivity contribution in [2.24, 2.45) is 0 Å². The van der Waals surface area contributed by atoms with E-state index in [9.17, 15) is 19.4 Å². The summed E-state index contributed by atoms with van der Waals surface area (Å²) in [6, 6.07) is 0. The number of esters is 1. The third-order valence-electron chi connectivity index (χ3n) is 8.54. The maximum Gasteiger partial charge on any atom is 0.306 e. The minimum atomic E-state index is -4.56. The molecule has 0 aliphatic carbocycles. The van der Waals surface area contributed by atoms with Gasteiger partial charge in [-0.1, -0.05) is 140 Å². The Morgan fingerprint density at radius 3 is 1.90 bits per heavy atom. The van der Waals surface area contributed by atoms with E-state index in [1.165, 1.54) is 70.6 Å². The number of carbonyl (C=O) groups excluding carboxylic acids is 1. The van der Waals surface area contributed by atoms with Crippen LogP contribution in [0.5, 0.6) is 0 Å². The fourth-order valence-corrected chi connectivity index (χ4v) is 6.04. The molecule has 0 aromatic heterocycles. The summed E-state index contributed by atoms with van der Waals surface area (Å²) in [5.74, 6) is -0.397. The number of phosphoric acid groups is 1. The molecule has 3 atom stereocenters. The molecule has 0 saturated heterocycles. The number of ether oxygens (including phenoxy) is 2. The molecule has 0 rings (SSSR count). The predicted octanol–water partition coefficient (Wildman–Crippen LogP) is 10.3. The van der Waals surface area contributed by atoms with Gasteiger partial charge in [0.15, 0.2) is 6.10 Å². The van der Waals surface area contributed by atoms with Crippen LogP contribution >= 0.6 is 7.82 Å². The quantitative estimate of drug-likeness (QED) is 0.0127. The van der Waals surface area contributed by atoms with Crippen LogP contribution < -0.4 is 4.89 Å². The molecule has 1 N–H and O–H groups in total. The molecule has 0 bridgehead atoms. The molecular weight excluding hydrogens is 677 g/mol. The van der Waals surface area contributed by atoms with Crippen molar-refractivity contribution in [2.45, 2.75) is 167 Å². The molecule has 10 heteroatoms. The van der Waals surface area contributed by atoms with Crippen LogP contribution in [0.1, 0.15) is 155 Å². The van der Waals surface area contributed by atoms with Crippen molar-refractivity contribution in [1.29, 1.82) is 0 Å². The van der Waals surface area contributed by atoms with Gasteiger partial charge in [0.05, 0.1) is 40.1 Å². The van der Waals surface area contributed by atoms with Crippen LogP contribution in [0.3, 0.4) is 0 Å². The highest BCUT2D eigenvalue weighted by atomic mass is 31.2. The molecule has 0 heterocycles. The number of rotatable bonds is 37. The van der Waals surface area contributed by atoms with E-state index in [1.54, 1.807) is 12.3 Å². The van der Waals surface area contributed by atoms with Gasteiger partial charge in [0.1, 0.15) is 19.8 Å². The molecule has 304 valence electrons. The Kier molecular flexibility index (Phi) is 33.8. The average molecular weight is 756 g/mol. The van der Waals surface area contributed by atoms with E-state index in [0.717, 1.165) is 51.4 Å². The van der Waals surface area contributed by atoms with Gasteiger partial charge >= 0.3 is 5.97 Å². The van der Waals surface area contributed by atoms with Crippen LogP contribution in [0.15, 0.2) is 48.8 Å². The second kappa shape index (κ2) is 35.0. The number of allylic oxidation sites excluding steroid dienone is 5. The van der Waals surface area contributed by atoms with Crippen molar-refractivity contribution in [2.75, 3.05) is 47.5 Å². The van der Waals surface area contributed by atoms with Crippen LogP contribution in [0.4, 0.5) is 0 Å². The number of quaternary nitrogens is 1. The molecule has 0 fully saturated rings. The molecule has 0 saturated carbocycles. The first-order valence-electron chi connectivity index (χ1n) is 20.5. The first-order valence-corrected chi connectivity index (χ1v) is 22.0. The number of hydrogen-bond donors (Lipinski definition) is 1. The second-order valence-electron chi connectivity index (χ2n) is 14.9. The molecule has 0 aromatic rings. The summed E-state index contributed by atoms with van der Waals surface area (Å²) in [6.45, 7) is 4.47. The zero-order chi connectivity index (χ0) is 38.6. The summed E-state index contributed by atoms with van der Waals surface area (Å²) in [5.41, 5.74) is 0. The van der Waals surface area contributed by atoms with Gasteiger partial charge in [0.2, 0.25) is 0 Å². The van der Waals surface area contributed by atoms with Crippen molar-refractivity contribution in [3.8, 4) is 0 Å². The maximum absolute atomic E-state index is 12.6. The molecule has 0 aromatic carbocycles. The normalized spacial score (nSPS) is 14.9. The van der Waals surface area contributed by atoms with Crippen molar-refractivity contribution >= 4 is 13.8 Å². The van der Waals surface area contributed by atoms with Gasteiger partial charge < -0.3 is 33.0 Å². The van der Waals surface area contributed by atoms with E-state index < -0.39 is 26.0 Å². The maximum atomic E-state index is 12.6. The number of aliphatic hydroxyl groups excluding tert-OH is 1. The van der Waals surface area contributed by atoms with Crippen molar-refractivity contribution in [3.63, 3.8) is 0 Å². The van der Waals surface area contributed by atoms with Crippen LogP contribution in [-0.4, -0.2) is 75.3 Å². The van der Waals surface area contributed by atoms with E-state index in [-0.39, 0.29) is 26.2 Å². The van der Waals surface area contributed by atoms with Crippen LogP contribution in [-0.2, 0) is 27.9 Å². The Hall–Kier alpha value is -1.74. The Labute approximate surface area is 319 Å². The smallest absolute Gasteiger partial charge is 0.306 e. The highest BCUT2D eigenvalue weighted by Gasteiger charge is 2.20. The van der Waals surface area contributed by atoms with Crippen molar-refractivity contribution in [1.82, 2.24) is 0 Å². The van der Waals surface area contributed by atoms with Crippen LogP contribution in [0.25, 0.3) is 0 Å². The number of carbonyl (C=O) groups is 1. The number of hydrogen-bond acceptors (Lipinski definition) is 8. The summed E-state index contributed by atoms with van der Waals surface area (Å²) in [5, 5.41) is 9.87. The molecule has 0 radical (unpaired) electrons. The SMILES string of the molecule is CC/C=C/CC(O)/C=C/C=C/CCCCCCCC(=O)O[C@H](CO/C=C/CCCCCCCCCCCCCC)COP(=O)([O-])OCC[N+](C)(C)C. The van der Waals surface area contributed by atoms with E-state index in [0.29, 0.717) is 23.9 Å². The lowest BCUT2D eigenvalue weighted by Gasteiger charge is -2.28. The summed E-state index contributed by atoms with van der Waals surface area (Å²) >= 11 is 0. The number of unbranched alkanes of at least 4 members (excludes halogenated alkanes) is 17. The van der Waals surface area contributed by atoms with E-state index in [1.807, 2.05) is 45.4 Å². The monoisotopic (exact) mass is 756 g/mol.